The van der Waals surface area contributed by atoms with E-state index in [1.165, 1.54) is 18.2 Å². The summed E-state index contributed by atoms with van der Waals surface area (Å²) < 4.78 is 0. The highest BCUT2D eigenvalue weighted by Gasteiger charge is 2.36. The summed E-state index contributed by atoms with van der Waals surface area (Å²) in [6.45, 7) is 1.61. The minimum atomic E-state index is -1.00. The molecule has 2 N–H and O–H groups in total. The van der Waals surface area contributed by atoms with E-state index in [1.54, 1.807) is 13.0 Å². The van der Waals surface area contributed by atoms with Gasteiger partial charge in [0.05, 0.1) is 16.7 Å². The molecule has 1 heterocycles. The number of aliphatic carboxylic acids is 1. The summed E-state index contributed by atoms with van der Waals surface area (Å²) in [5.74, 6) is -1.80. The number of rotatable bonds is 3. The molecule has 0 saturated heterocycles. The first-order chi connectivity index (χ1) is 8.50. The smallest absolute Gasteiger partial charge is 0.314 e. The number of carboxylic acids is 1. The zero-order chi connectivity index (χ0) is 13.3. The molecule has 2 rings (SSSR count). The SMILES string of the molecule is CC1=NNC(c2cccc([N+](=O)[O-])c2)C1C(=O)O. The van der Waals surface area contributed by atoms with E-state index in [9.17, 15) is 14.9 Å². The molecule has 2 unspecified atom stereocenters. The highest BCUT2D eigenvalue weighted by atomic mass is 16.6. The van der Waals surface area contributed by atoms with Crippen molar-refractivity contribution in [3.8, 4) is 0 Å². The van der Waals surface area contributed by atoms with Gasteiger partial charge in [-0.3, -0.25) is 14.9 Å². The van der Waals surface area contributed by atoms with Crippen molar-refractivity contribution in [2.45, 2.75) is 13.0 Å². The van der Waals surface area contributed by atoms with E-state index in [4.69, 9.17) is 5.11 Å². The first-order valence-electron chi connectivity index (χ1n) is 5.27. The van der Waals surface area contributed by atoms with Gasteiger partial charge in [0, 0.05) is 12.1 Å². The minimum Gasteiger partial charge on any atom is -0.481 e. The number of nitro benzene ring substituents is 1. The van der Waals surface area contributed by atoms with Crippen LogP contribution in [-0.2, 0) is 4.79 Å². The summed E-state index contributed by atoms with van der Waals surface area (Å²) in [5.41, 5.74) is 3.63. The second-order valence-electron chi connectivity index (χ2n) is 4.03. The predicted molar refractivity (Wildman–Crippen MR) is 63.2 cm³/mol. The molecular weight excluding hydrogens is 238 g/mol. The Balaban J connectivity index is 2.35. The number of nitro groups is 1. The molecule has 1 aliphatic heterocycles. The van der Waals surface area contributed by atoms with Crippen molar-refractivity contribution in [3.63, 3.8) is 0 Å². The lowest BCUT2D eigenvalue weighted by Gasteiger charge is -2.16. The Hall–Kier alpha value is -2.44. The minimum absolute atomic E-state index is 0.0667. The molecule has 0 fully saturated rings. The van der Waals surface area contributed by atoms with Crippen LogP contribution in [0.25, 0.3) is 0 Å². The third kappa shape index (κ3) is 2.02. The van der Waals surface area contributed by atoms with E-state index in [-0.39, 0.29) is 5.69 Å². The largest absolute Gasteiger partial charge is 0.481 e. The van der Waals surface area contributed by atoms with Crippen molar-refractivity contribution in [1.82, 2.24) is 5.43 Å². The molecule has 0 amide bonds. The van der Waals surface area contributed by atoms with Crippen LogP contribution in [0.1, 0.15) is 18.5 Å². The number of hydrazone groups is 1. The Morgan fingerprint density at radius 3 is 2.89 bits per heavy atom. The molecular formula is C11H11N3O4. The van der Waals surface area contributed by atoms with E-state index in [2.05, 4.69) is 10.5 Å². The van der Waals surface area contributed by atoms with Crippen LogP contribution in [0.5, 0.6) is 0 Å². The van der Waals surface area contributed by atoms with E-state index >= 15 is 0 Å². The summed E-state index contributed by atoms with van der Waals surface area (Å²) >= 11 is 0. The maximum absolute atomic E-state index is 11.2. The maximum atomic E-state index is 11.2. The highest BCUT2D eigenvalue weighted by Crippen LogP contribution is 2.29. The predicted octanol–water partition coefficient (Wildman–Crippen LogP) is 1.32. The molecule has 0 aromatic heterocycles. The fraction of sp³-hybridized carbons (Fsp3) is 0.273. The van der Waals surface area contributed by atoms with E-state index in [1.807, 2.05) is 0 Å². The molecule has 0 spiro atoms. The third-order valence-corrected chi connectivity index (χ3v) is 2.87. The van der Waals surface area contributed by atoms with Gasteiger partial charge in [0.25, 0.3) is 5.69 Å². The fourth-order valence-corrected chi connectivity index (χ4v) is 1.98. The van der Waals surface area contributed by atoms with Crippen molar-refractivity contribution in [3.05, 3.63) is 39.9 Å². The second kappa shape index (κ2) is 4.44. The zero-order valence-electron chi connectivity index (χ0n) is 9.53. The van der Waals surface area contributed by atoms with Crippen molar-refractivity contribution in [1.29, 1.82) is 0 Å². The van der Waals surface area contributed by atoms with Crippen LogP contribution in [0.3, 0.4) is 0 Å². The Kier molecular flexibility index (Phi) is 2.97. The number of carboxylic acid groups (broad SMARTS) is 1. The number of non-ortho nitro benzene ring substituents is 1. The van der Waals surface area contributed by atoms with Gasteiger partial charge >= 0.3 is 5.97 Å². The quantitative estimate of drug-likeness (QED) is 0.620. The molecule has 7 heteroatoms. The molecule has 7 nitrogen and oxygen atoms in total. The lowest BCUT2D eigenvalue weighted by molar-refractivity contribution is -0.384. The number of carbonyl (C=O) groups is 1. The lowest BCUT2D eigenvalue weighted by atomic mass is 9.91. The van der Waals surface area contributed by atoms with E-state index in [0.29, 0.717) is 11.3 Å². The number of hydrogen-bond acceptors (Lipinski definition) is 5. The summed E-state index contributed by atoms with van der Waals surface area (Å²) in [4.78, 5) is 21.3. The van der Waals surface area contributed by atoms with E-state index in [0.717, 1.165) is 0 Å². The van der Waals surface area contributed by atoms with Gasteiger partial charge < -0.3 is 10.5 Å². The number of benzene rings is 1. The van der Waals surface area contributed by atoms with Gasteiger partial charge in [-0.1, -0.05) is 12.1 Å². The van der Waals surface area contributed by atoms with E-state index < -0.39 is 22.9 Å². The molecule has 1 aromatic carbocycles. The van der Waals surface area contributed by atoms with Crippen LogP contribution in [-0.4, -0.2) is 21.7 Å². The van der Waals surface area contributed by atoms with Gasteiger partial charge in [0.1, 0.15) is 5.92 Å². The fourth-order valence-electron chi connectivity index (χ4n) is 1.98. The third-order valence-electron chi connectivity index (χ3n) is 2.87. The van der Waals surface area contributed by atoms with Crippen molar-refractivity contribution in [2.24, 2.45) is 11.0 Å². The van der Waals surface area contributed by atoms with Crippen LogP contribution >= 0.6 is 0 Å². The molecule has 0 saturated carbocycles. The zero-order valence-corrected chi connectivity index (χ0v) is 9.53. The Bertz CT molecular complexity index is 541. The van der Waals surface area contributed by atoms with Gasteiger partial charge in [-0.2, -0.15) is 5.10 Å². The lowest BCUT2D eigenvalue weighted by Crippen LogP contribution is -2.27. The Morgan fingerprint density at radius 1 is 1.56 bits per heavy atom. The molecule has 2 atom stereocenters. The van der Waals surface area contributed by atoms with Crippen molar-refractivity contribution in [2.75, 3.05) is 0 Å². The molecule has 0 bridgehead atoms. The normalized spacial score (nSPS) is 22.2. The first-order valence-corrected chi connectivity index (χ1v) is 5.27. The molecule has 94 valence electrons. The highest BCUT2D eigenvalue weighted by molar-refractivity contribution is 6.02. The molecule has 0 radical (unpaired) electrons. The van der Waals surface area contributed by atoms with Crippen molar-refractivity contribution < 1.29 is 14.8 Å². The maximum Gasteiger partial charge on any atom is 0.314 e. The summed E-state index contributed by atoms with van der Waals surface area (Å²) in [7, 11) is 0. The molecule has 1 aliphatic rings. The van der Waals surface area contributed by atoms with Gasteiger partial charge in [0.2, 0.25) is 0 Å². The monoisotopic (exact) mass is 249 g/mol. The van der Waals surface area contributed by atoms with Crippen LogP contribution in [0.2, 0.25) is 0 Å². The standard InChI is InChI=1S/C11H11N3O4/c1-6-9(11(15)16)10(13-12-6)7-3-2-4-8(5-7)14(17)18/h2-5,9-10,13H,1H3,(H,15,16). The number of nitrogens with zero attached hydrogens (tertiary/aromatic N) is 2. The Morgan fingerprint density at radius 2 is 2.28 bits per heavy atom. The van der Waals surface area contributed by atoms with Crippen molar-refractivity contribution >= 4 is 17.4 Å². The van der Waals surface area contributed by atoms with Gasteiger partial charge in [-0.25, -0.2) is 0 Å². The second-order valence-corrected chi connectivity index (χ2v) is 4.03. The summed E-state index contributed by atoms with van der Waals surface area (Å²) in [6.07, 6.45) is 0. The summed E-state index contributed by atoms with van der Waals surface area (Å²) in [6, 6.07) is 5.34. The average molecular weight is 249 g/mol. The molecule has 18 heavy (non-hydrogen) atoms. The van der Waals surface area contributed by atoms with Gasteiger partial charge in [-0.15, -0.1) is 0 Å². The van der Waals surface area contributed by atoms with Gasteiger partial charge in [-0.05, 0) is 12.5 Å². The first kappa shape index (κ1) is 12.0. The molecule has 1 aromatic rings. The van der Waals surface area contributed by atoms with Crippen LogP contribution < -0.4 is 5.43 Å². The molecule has 0 aliphatic carbocycles. The average Bonchev–Trinajstić information content (AvgIpc) is 2.71. The van der Waals surface area contributed by atoms with Crippen LogP contribution in [0.4, 0.5) is 5.69 Å². The van der Waals surface area contributed by atoms with Crippen LogP contribution in [0, 0.1) is 16.0 Å². The Labute approximate surface area is 102 Å². The van der Waals surface area contributed by atoms with Gasteiger partial charge in [0.15, 0.2) is 0 Å². The summed E-state index contributed by atoms with van der Waals surface area (Å²) in [5, 5.41) is 23.7. The van der Waals surface area contributed by atoms with Crippen LogP contribution in [0.15, 0.2) is 29.4 Å². The number of nitrogens with one attached hydrogen (secondary N) is 1. The number of hydrogen-bond donors (Lipinski definition) is 2. The topological polar surface area (TPSA) is 105 Å².